The molecule has 1 atom stereocenters. The number of ether oxygens (including phenoxy) is 1. The molecule has 3 nitrogen and oxygen atoms in total. The van der Waals surface area contributed by atoms with E-state index < -0.39 is 5.54 Å². The fraction of sp³-hybridized carbons (Fsp3) is 0.667. The third-order valence-corrected chi connectivity index (χ3v) is 3.37. The summed E-state index contributed by atoms with van der Waals surface area (Å²) in [6, 6.07) is 0. The van der Waals surface area contributed by atoms with Crippen molar-refractivity contribution in [3.8, 4) is 0 Å². The SMILES string of the molecule is C=CCNC1(C(=O)OC)CCSC1. The quantitative estimate of drug-likeness (QED) is 0.539. The fourth-order valence-corrected chi connectivity index (χ4v) is 2.75. The number of hydrogen-bond donors (Lipinski definition) is 1. The summed E-state index contributed by atoms with van der Waals surface area (Å²) < 4.78 is 4.79. The summed E-state index contributed by atoms with van der Waals surface area (Å²) in [6.45, 7) is 4.26. The second kappa shape index (κ2) is 4.67. The van der Waals surface area contributed by atoms with Crippen LogP contribution in [-0.2, 0) is 9.53 Å². The first-order valence-electron chi connectivity index (χ1n) is 4.27. The summed E-state index contributed by atoms with van der Waals surface area (Å²) in [5.41, 5.74) is -0.465. The first-order chi connectivity index (χ1) is 6.25. The minimum absolute atomic E-state index is 0.153. The summed E-state index contributed by atoms with van der Waals surface area (Å²) in [5.74, 6) is 1.66. The van der Waals surface area contributed by atoms with Crippen molar-refractivity contribution in [2.24, 2.45) is 0 Å². The number of rotatable bonds is 4. The largest absolute Gasteiger partial charge is 0.468 e. The topological polar surface area (TPSA) is 38.3 Å². The molecule has 13 heavy (non-hydrogen) atoms. The van der Waals surface area contributed by atoms with E-state index in [4.69, 9.17) is 4.74 Å². The van der Waals surface area contributed by atoms with Gasteiger partial charge in [0.25, 0.3) is 0 Å². The third kappa shape index (κ3) is 2.25. The molecule has 0 saturated carbocycles. The van der Waals surface area contributed by atoms with E-state index in [0.717, 1.165) is 17.9 Å². The Kier molecular flexibility index (Phi) is 3.81. The van der Waals surface area contributed by atoms with Crippen LogP contribution in [0.25, 0.3) is 0 Å². The molecule has 0 bridgehead atoms. The zero-order chi connectivity index (χ0) is 9.73. The normalized spacial score (nSPS) is 27.2. The minimum Gasteiger partial charge on any atom is -0.468 e. The average molecular weight is 201 g/mol. The van der Waals surface area contributed by atoms with Gasteiger partial charge in [-0.15, -0.1) is 6.58 Å². The molecule has 1 rings (SSSR count). The van der Waals surface area contributed by atoms with Gasteiger partial charge in [0.05, 0.1) is 7.11 Å². The molecule has 0 spiro atoms. The summed E-state index contributed by atoms with van der Waals surface area (Å²) in [6.07, 6.45) is 2.60. The van der Waals surface area contributed by atoms with Crippen molar-refractivity contribution in [3.63, 3.8) is 0 Å². The average Bonchev–Trinajstić information content (AvgIpc) is 2.63. The highest BCUT2D eigenvalue weighted by molar-refractivity contribution is 7.99. The molecule has 0 radical (unpaired) electrons. The first-order valence-corrected chi connectivity index (χ1v) is 5.43. The highest BCUT2D eigenvalue weighted by atomic mass is 32.2. The maximum absolute atomic E-state index is 11.5. The molecule has 0 aliphatic carbocycles. The summed E-state index contributed by atoms with van der Waals surface area (Å²) in [5, 5.41) is 3.18. The van der Waals surface area contributed by atoms with Crippen molar-refractivity contribution in [3.05, 3.63) is 12.7 Å². The molecular formula is C9H15NO2S. The first kappa shape index (κ1) is 10.6. The predicted octanol–water partition coefficient (Wildman–Crippen LogP) is 0.811. The lowest BCUT2D eigenvalue weighted by atomic mass is 9.99. The summed E-state index contributed by atoms with van der Waals surface area (Å²) >= 11 is 1.78. The van der Waals surface area contributed by atoms with Crippen molar-refractivity contribution in [2.45, 2.75) is 12.0 Å². The highest BCUT2D eigenvalue weighted by Gasteiger charge is 2.41. The van der Waals surface area contributed by atoms with E-state index >= 15 is 0 Å². The van der Waals surface area contributed by atoms with Crippen molar-refractivity contribution in [1.82, 2.24) is 5.32 Å². The molecule has 74 valence electrons. The van der Waals surface area contributed by atoms with Crippen LogP contribution in [0.15, 0.2) is 12.7 Å². The Hall–Kier alpha value is -0.480. The zero-order valence-corrected chi connectivity index (χ0v) is 8.65. The van der Waals surface area contributed by atoms with E-state index in [1.165, 1.54) is 7.11 Å². The maximum Gasteiger partial charge on any atom is 0.326 e. The van der Waals surface area contributed by atoms with Crippen LogP contribution in [0, 0.1) is 0 Å². The van der Waals surface area contributed by atoms with Crippen LogP contribution in [-0.4, -0.2) is 36.7 Å². The smallest absolute Gasteiger partial charge is 0.326 e. The number of hydrogen-bond acceptors (Lipinski definition) is 4. The van der Waals surface area contributed by atoms with E-state index in [1.807, 2.05) is 0 Å². The van der Waals surface area contributed by atoms with Crippen LogP contribution >= 0.6 is 11.8 Å². The van der Waals surface area contributed by atoms with Crippen molar-refractivity contribution in [2.75, 3.05) is 25.2 Å². The maximum atomic E-state index is 11.5. The van der Waals surface area contributed by atoms with E-state index in [1.54, 1.807) is 17.8 Å². The van der Waals surface area contributed by atoms with Crippen molar-refractivity contribution < 1.29 is 9.53 Å². The molecule has 1 heterocycles. The summed E-state index contributed by atoms with van der Waals surface area (Å²) in [7, 11) is 1.43. The van der Waals surface area contributed by atoms with Crippen molar-refractivity contribution in [1.29, 1.82) is 0 Å². The minimum atomic E-state index is -0.465. The number of methoxy groups -OCH3 is 1. The van der Waals surface area contributed by atoms with Crippen LogP contribution in [0.3, 0.4) is 0 Å². The molecule has 0 aromatic carbocycles. The Morgan fingerprint density at radius 3 is 3.08 bits per heavy atom. The lowest BCUT2D eigenvalue weighted by Gasteiger charge is -2.25. The molecule has 1 aliphatic heterocycles. The molecule has 4 heteroatoms. The predicted molar refractivity (Wildman–Crippen MR) is 54.9 cm³/mol. The van der Waals surface area contributed by atoms with Crippen LogP contribution in [0.2, 0.25) is 0 Å². The molecule has 1 saturated heterocycles. The zero-order valence-electron chi connectivity index (χ0n) is 7.84. The standard InChI is InChI=1S/C9H15NO2S/c1-3-5-10-9(8(11)12-2)4-6-13-7-9/h3,10H,1,4-7H2,2H3. The second-order valence-electron chi connectivity index (χ2n) is 3.05. The Bertz CT molecular complexity index is 200. The molecule has 1 N–H and O–H groups in total. The van der Waals surface area contributed by atoms with Crippen LogP contribution in [0.1, 0.15) is 6.42 Å². The molecule has 1 fully saturated rings. The van der Waals surface area contributed by atoms with E-state index in [2.05, 4.69) is 11.9 Å². The molecule has 0 aromatic heterocycles. The van der Waals surface area contributed by atoms with Gasteiger partial charge >= 0.3 is 5.97 Å². The third-order valence-electron chi connectivity index (χ3n) is 2.18. The van der Waals surface area contributed by atoms with Gasteiger partial charge in [0.15, 0.2) is 0 Å². The van der Waals surface area contributed by atoms with Gasteiger partial charge in [-0.3, -0.25) is 10.1 Å². The van der Waals surface area contributed by atoms with Crippen LogP contribution in [0.5, 0.6) is 0 Å². The van der Waals surface area contributed by atoms with E-state index in [0.29, 0.717) is 6.54 Å². The Morgan fingerprint density at radius 1 is 1.85 bits per heavy atom. The lowest BCUT2D eigenvalue weighted by molar-refractivity contribution is -0.147. The number of nitrogens with one attached hydrogen (secondary N) is 1. The van der Waals surface area contributed by atoms with E-state index in [9.17, 15) is 4.79 Å². The van der Waals surface area contributed by atoms with Gasteiger partial charge in [0.1, 0.15) is 5.54 Å². The fourth-order valence-electron chi connectivity index (χ4n) is 1.40. The lowest BCUT2D eigenvalue weighted by Crippen LogP contribution is -2.53. The Morgan fingerprint density at radius 2 is 2.62 bits per heavy atom. The van der Waals surface area contributed by atoms with Gasteiger partial charge in [-0.2, -0.15) is 11.8 Å². The van der Waals surface area contributed by atoms with Crippen molar-refractivity contribution >= 4 is 17.7 Å². The van der Waals surface area contributed by atoms with Crippen LogP contribution < -0.4 is 5.32 Å². The van der Waals surface area contributed by atoms with Gasteiger partial charge < -0.3 is 4.74 Å². The van der Waals surface area contributed by atoms with Gasteiger partial charge in [-0.1, -0.05) is 6.08 Å². The molecular weight excluding hydrogens is 186 g/mol. The van der Waals surface area contributed by atoms with E-state index in [-0.39, 0.29) is 5.97 Å². The number of thioether (sulfide) groups is 1. The Balaban J connectivity index is 2.62. The van der Waals surface area contributed by atoms with Gasteiger partial charge in [0, 0.05) is 12.3 Å². The number of carbonyl (C=O) groups is 1. The van der Waals surface area contributed by atoms with Gasteiger partial charge in [-0.25, -0.2) is 0 Å². The molecule has 0 amide bonds. The number of esters is 1. The number of carbonyl (C=O) groups excluding carboxylic acids is 1. The molecule has 1 aliphatic rings. The van der Waals surface area contributed by atoms with Crippen LogP contribution in [0.4, 0.5) is 0 Å². The highest BCUT2D eigenvalue weighted by Crippen LogP contribution is 2.28. The van der Waals surface area contributed by atoms with Gasteiger partial charge in [-0.05, 0) is 12.2 Å². The second-order valence-corrected chi connectivity index (χ2v) is 4.15. The van der Waals surface area contributed by atoms with Gasteiger partial charge in [0.2, 0.25) is 0 Å². The summed E-state index contributed by atoms with van der Waals surface area (Å²) in [4.78, 5) is 11.5. The Labute approximate surface area is 82.9 Å². The monoisotopic (exact) mass is 201 g/mol. The molecule has 0 aromatic rings. The molecule has 1 unspecified atom stereocenters.